The van der Waals surface area contributed by atoms with Crippen molar-refractivity contribution in [2.24, 2.45) is 5.92 Å². The quantitative estimate of drug-likeness (QED) is 0.756. The van der Waals surface area contributed by atoms with Crippen LogP contribution in [0.2, 0.25) is 0 Å². The van der Waals surface area contributed by atoms with Crippen molar-refractivity contribution in [2.75, 3.05) is 39.8 Å². The summed E-state index contributed by atoms with van der Waals surface area (Å²) in [5, 5.41) is 3.09. The smallest absolute Gasteiger partial charge is 0.317 e. The zero-order valence-corrected chi connectivity index (χ0v) is 11.7. The van der Waals surface area contributed by atoms with Gasteiger partial charge in [0.05, 0.1) is 33.2 Å². The Hall–Kier alpha value is -0.770. The molecule has 4 heteroatoms. The lowest BCUT2D eigenvalue weighted by atomic mass is 9.87. The van der Waals surface area contributed by atoms with Crippen LogP contribution in [0.3, 0.4) is 0 Å². The lowest BCUT2D eigenvalue weighted by Gasteiger charge is -2.30. The maximum atomic E-state index is 12.0. The SMILES string of the molecule is C[NH+]1CCN(C(=O)NCCC2CCCCC2)CC1. The predicted octanol–water partition coefficient (Wildman–Crippen LogP) is 0.497. The van der Waals surface area contributed by atoms with Crippen molar-refractivity contribution in [1.29, 1.82) is 0 Å². The normalized spacial score (nSPS) is 23.1. The molecule has 1 saturated carbocycles. The second kappa shape index (κ2) is 6.98. The van der Waals surface area contributed by atoms with E-state index in [1.54, 1.807) is 0 Å². The number of urea groups is 1. The third kappa shape index (κ3) is 4.16. The van der Waals surface area contributed by atoms with Crippen LogP contribution in [0.5, 0.6) is 0 Å². The Morgan fingerprint density at radius 2 is 1.89 bits per heavy atom. The summed E-state index contributed by atoms with van der Waals surface area (Å²) >= 11 is 0. The van der Waals surface area contributed by atoms with Crippen LogP contribution >= 0.6 is 0 Å². The predicted molar refractivity (Wildman–Crippen MR) is 72.8 cm³/mol. The minimum Gasteiger partial charge on any atom is -0.338 e. The van der Waals surface area contributed by atoms with Crippen molar-refractivity contribution >= 4 is 6.03 Å². The zero-order chi connectivity index (χ0) is 12.8. The van der Waals surface area contributed by atoms with Crippen LogP contribution in [0, 0.1) is 5.92 Å². The van der Waals surface area contributed by atoms with Crippen molar-refractivity contribution in [3.05, 3.63) is 0 Å². The fourth-order valence-corrected chi connectivity index (χ4v) is 3.06. The molecule has 2 rings (SSSR count). The number of carbonyl (C=O) groups is 1. The summed E-state index contributed by atoms with van der Waals surface area (Å²) in [5.41, 5.74) is 0. The van der Waals surface area contributed by atoms with Gasteiger partial charge in [-0.2, -0.15) is 0 Å². The third-order valence-electron chi connectivity index (χ3n) is 4.46. The molecule has 2 aliphatic rings. The molecule has 1 aliphatic carbocycles. The van der Waals surface area contributed by atoms with E-state index in [9.17, 15) is 4.79 Å². The summed E-state index contributed by atoms with van der Waals surface area (Å²) < 4.78 is 0. The standard InChI is InChI=1S/C14H27N3O/c1-16-9-11-17(12-10-16)14(18)15-8-7-13-5-3-2-4-6-13/h13H,2-12H2,1H3,(H,15,18)/p+1. The van der Waals surface area contributed by atoms with Gasteiger partial charge >= 0.3 is 6.03 Å². The Kier molecular flexibility index (Phi) is 5.29. The van der Waals surface area contributed by atoms with Crippen LogP contribution in [0.1, 0.15) is 38.5 Å². The number of piperazine rings is 1. The van der Waals surface area contributed by atoms with Gasteiger partial charge in [-0.05, 0) is 12.3 Å². The minimum absolute atomic E-state index is 0.151. The Morgan fingerprint density at radius 1 is 1.22 bits per heavy atom. The van der Waals surface area contributed by atoms with Crippen LogP contribution in [-0.2, 0) is 0 Å². The van der Waals surface area contributed by atoms with E-state index in [0.717, 1.165) is 38.6 Å². The van der Waals surface area contributed by atoms with Crippen LogP contribution in [0.15, 0.2) is 0 Å². The largest absolute Gasteiger partial charge is 0.338 e. The molecular weight excluding hydrogens is 226 g/mol. The first-order valence-electron chi connectivity index (χ1n) is 7.60. The second-order valence-corrected chi connectivity index (χ2v) is 5.97. The average molecular weight is 254 g/mol. The number of hydrogen-bond acceptors (Lipinski definition) is 1. The Bertz CT molecular complexity index is 256. The first-order chi connectivity index (χ1) is 8.75. The van der Waals surface area contributed by atoms with Gasteiger partial charge in [-0.15, -0.1) is 0 Å². The topological polar surface area (TPSA) is 36.8 Å². The number of hydrogen-bond donors (Lipinski definition) is 2. The lowest BCUT2D eigenvalue weighted by Crippen LogP contribution is -3.12. The van der Waals surface area contributed by atoms with Gasteiger partial charge in [-0.3, -0.25) is 0 Å². The monoisotopic (exact) mass is 254 g/mol. The van der Waals surface area contributed by atoms with Gasteiger partial charge in [-0.25, -0.2) is 4.79 Å². The number of carbonyl (C=O) groups excluding carboxylic acids is 1. The van der Waals surface area contributed by atoms with Gasteiger partial charge in [0.1, 0.15) is 0 Å². The van der Waals surface area contributed by atoms with Crippen LogP contribution in [-0.4, -0.2) is 50.7 Å². The van der Waals surface area contributed by atoms with Crippen molar-refractivity contribution in [3.8, 4) is 0 Å². The van der Waals surface area contributed by atoms with Crippen molar-refractivity contribution in [1.82, 2.24) is 10.2 Å². The molecule has 0 unspecified atom stereocenters. The van der Waals surface area contributed by atoms with Gasteiger partial charge in [-0.1, -0.05) is 32.1 Å². The van der Waals surface area contributed by atoms with E-state index in [2.05, 4.69) is 12.4 Å². The molecule has 104 valence electrons. The number of likely N-dealkylation sites (N-methyl/N-ethyl adjacent to an activating group) is 1. The second-order valence-electron chi connectivity index (χ2n) is 5.97. The molecule has 0 aromatic carbocycles. The van der Waals surface area contributed by atoms with Gasteiger partial charge in [0, 0.05) is 6.54 Å². The Morgan fingerprint density at radius 3 is 2.56 bits per heavy atom. The maximum Gasteiger partial charge on any atom is 0.317 e. The number of quaternary nitrogens is 1. The highest BCUT2D eigenvalue weighted by Crippen LogP contribution is 2.25. The van der Waals surface area contributed by atoms with E-state index < -0.39 is 0 Å². The molecule has 2 fully saturated rings. The molecule has 1 saturated heterocycles. The Labute approximate surface area is 111 Å². The highest BCUT2D eigenvalue weighted by Gasteiger charge is 2.21. The van der Waals surface area contributed by atoms with Crippen molar-refractivity contribution in [3.63, 3.8) is 0 Å². The van der Waals surface area contributed by atoms with E-state index in [1.807, 2.05) is 4.90 Å². The molecule has 1 heterocycles. The van der Waals surface area contributed by atoms with Crippen molar-refractivity contribution in [2.45, 2.75) is 38.5 Å². The van der Waals surface area contributed by atoms with Crippen molar-refractivity contribution < 1.29 is 9.69 Å². The number of amides is 2. The molecule has 18 heavy (non-hydrogen) atoms. The van der Waals surface area contributed by atoms with E-state index in [4.69, 9.17) is 0 Å². The molecular formula is C14H28N3O+. The molecule has 1 aliphatic heterocycles. The molecule has 2 N–H and O–H groups in total. The number of rotatable bonds is 3. The lowest BCUT2D eigenvalue weighted by molar-refractivity contribution is -0.883. The number of nitrogens with one attached hydrogen (secondary N) is 2. The van der Waals surface area contributed by atoms with E-state index in [-0.39, 0.29) is 6.03 Å². The summed E-state index contributed by atoms with van der Waals surface area (Å²) in [6.07, 6.45) is 8.10. The fraction of sp³-hybridized carbons (Fsp3) is 0.929. The van der Waals surface area contributed by atoms with E-state index in [1.165, 1.54) is 43.4 Å². The van der Waals surface area contributed by atoms with E-state index in [0.29, 0.717) is 0 Å². The average Bonchev–Trinajstić information content (AvgIpc) is 2.40. The summed E-state index contributed by atoms with van der Waals surface area (Å²) in [7, 11) is 2.19. The fourth-order valence-electron chi connectivity index (χ4n) is 3.06. The van der Waals surface area contributed by atoms with Gasteiger partial charge < -0.3 is 15.1 Å². The molecule has 0 bridgehead atoms. The van der Waals surface area contributed by atoms with Crippen LogP contribution in [0.25, 0.3) is 0 Å². The van der Waals surface area contributed by atoms with Gasteiger partial charge in [0.2, 0.25) is 0 Å². The van der Waals surface area contributed by atoms with Gasteiger partial charge in [0.25, 0.3) is 0 Å². The summed E-state index contributed by atoms with van der Waals surface area (Å²) in [4.78, 5) is 15.4. The first kappa shape index (κ1) is 13.7. The third-order valence-corrected chi connectivity index (χ3v) is 4.46. The molecule has 0 spiro atoms. The Balaban J connectivity index is 1.59. The molecule has 0 aromatic heterocycles. The first-order valence-corrected chi connectivity index (χ1v) is 7.60. The zero-order valence-electron chi connectivity index (χ0n) is 11.7. The maximum absolute atomic E-state index is 12.0. The highest BCUT2D eigenvalue weighted by atomic mass is 16.2. The molecule has 4 nitrogen and oxygen atoms in total. The molecule has 0 radical (unpaired) electrons. The highest BCUT2D eigenvalue weighted by molar-refractivity contribution is 5.74. The summed E-state index contributed by atoms with van der Waals surface area (Å²) in [5.74, 6) is 0.857. The summed E-state index contributed by atoms with van der Waals surface area (Å²) in [6.45, 7) is 4.83. The van der Waals surface area contributed by atoms with Crippen LogP contribution in [0.4, 0.5) is 4.79 Å². The van der Waals surface area contributed by atoms with E-state index >= 15 is 0 Å². The molecule has 2 amide bonds. The molecule has 0 aromatic rings. The number of nitrogens with zero attached hydrogens (tertiary/aromatic N) is 1. The summed E-state index contributed by atoms with van der Waals surface area (Å²) in [6, 6.07) is 0.151. The minimum atomic E-state index is 0.151. The molecule has 0 atom stereocenters. The van der Waals surface area contributed by atoms with Gasteiger partial charge in [0.15, 0.2) is 0 Å². The van der Waals surface area contributed by atoms with Crippen LogP contribution < -0.4 is 10.2 Å².